The highest BCUT2D eigenvalue weighted by molar-refractivity contribution is 6.11. The monoisotopic (exact) mass is 475 g/mol. The van der Waals surface area contributed by atoms with Gasteiger partial charge >= 0.3 is 0 Å². The summed E-state index contributed by atoms with van der Waals surface area (Å²) in [4.78, 5) is 26.0. The molecule has 2 aliphatic carbocycles. The number of amides is 1. The summed E-state index contributed by atoms with van der Waals surface area (Å²) in [6.07, 6.45) is 12.6. The van der Waals surface area contributed by atoms with E-state index in [0.717, 1.165) is 55.5 Å². The van der Waals surface area contributed by atoms with E-state index >= 15 is 0 Å². The highest BCUT2D eigenvalue weighted by Crippen LogP contribution is 2.55. The lowest BCUT2D eigenvalue weighted by atomic mass is 9.67. The van der Waals surface area contributed by atoms with Gasteiger partial charge in [-0.05, 0) is 92.5 Å². The van der Waals surface area contributed by atoms with Crippen LogP contribution >= 0.6 is 0 Å². The molecule has 2 aromatic rings. The SMILES string of the molecule is CCCC(C[C@H]1CCC2=CC(=Nc3ccc(F)cc3)C(=CN)C[C@@]21C)NC(=O)c1cnc(C)cn1. The normalized spacial score (nSPS) is 24.8. The fourth-order valence-corrected chi connectivity index (χ4v) is 5.43. The molecule has 0 radical (unpaired) electrons. The first kappa shape index (κ1) is 24.8. The highest BCUT2D eigenvalue weighted by Gasteiger charge is 2.46. The van der Waals surface area contributed by atoms with Gasteiger partial charge in [0.1, 0.15) is 11.5 Å². The number of benzene rings is 1. The number of aryl methyl sites for hydroxylation is 1. The van der Waals surface area contributed by atoms with Gasteiger partial charge in [-0.1, -0.05) is 25.8 Å². The quantitative estimate of drug-likeness (QED) is 0.547. The minimum absolute atomic E-state index is 0.0343. The molecular formula is C28H34FN5O. The van der Waals surface area contributed by atoms with Crippen LogP contribution in [0, 0.1) is 24.1 Å². The molecule has 1 amide bonds. The Morgan fingerprint density at radius 2 is 2.09 bits per heavy atom. The molecule has 6 nitrogen and oxygen atoms in total. The van der Waals surface area contributed by atoms with Gasteiger partial charge in [0.2, 0.25) is 0 Å². The van der Waals surface area contributed by atoms with Gasteiger partial charge < -0.3 is 11.1 Å². The third kappa shape index (κ3) is 5.50. The van der Waals surface area contributed by atoms with Crippen molar-refractivity contribution in [2.24, 2.45) is 22.1 Å². The van der Waals surface area contributed by atoms with E-state index in [0.29, 0.717) is 17.3 Å². The van der Waals surface area contributed by atoms with Crippen LogP contribution in [0.2, 0.25) is 0 Å². The molecule has 4 rings (SSSR count). The summed E-state index contributed by atoms with van der Waals surface area (Å²) in [5, 5.41) is 3.21. The number of hydrogen-bond acceptors (Lipinski definition) is 5. The van der Waals surface area contributed by atoms with E-state index in [4.69, 9.17) is 10.7 Å². The second-order valence-corrected chi connectivity index (χ2v) is 9.90. The zero-order chi connectivity index (χ0) is 25.0. The van der Waals surface area contributed by atoms with Crippen LogP contribution in [0.1, 0.15) is 68.6 Å². The van der Waals surface area contributed by atoms with Crippen molar-refractivity contribution < 1.29 is 9.18 Å². The van der Waals surface area contributed by atoms with E-state index in [-0.39, 0.29) is 23.2 Å². The molecule has 1 fully saturated rings. The molecule has 1 aromatic carbocycles. The molecule has 184 valence electrons. The molecule has 0 aliphatic heterocycles. The topological polar surface area (TPSA) is 93.3 Å². The van der Waals surface area contributed by atoms with Gasteiger partial charge in [0.25, 0.3) is 5.91 Å². The van der Waals surface area contributed by atoms with E-state index in [9.17, 15) is 9.18 Å². The van der Waals surface area contributed by atoms with E-state index in [1.165, 1.54) is 23.9 Å². The third-order valence-electron chi connectivity index (χ3n) is 7.43. The first-order valence-electron chi connectivity index (χ1n) is 12.4. The van der Waals surface area contributed by atoms with Gasteiger partial charge in [-0.15, -0.1) is 0 Å². The van der Waals surface area contributed by atoms with E-state index in [2.05, 4.69) is 35.2 Å². The molecule has 1 saturated carbocycles. The predicted molar refractivity (Wildman–Crippen MR) is 137 cm³/mol. The highest BCUT2D eigenvalue weighted by atomic mass is 19.1. The van der Waals surface area contributed by atoms with E-state index in [1.807, 2.05) is 6.92 Å². The van der Waals surface area contributed by atoms with Crippen LogP contribution in [0.5, 0.6) is 0 Å². The lowest BCUT2D eigenvalue weighted by Gasteiger charge is -2.39. The van der Waals surface area contributed by atoms with Gasteiger partial charge in [0.05, 0.1) is 23.3 Å². The minimum Gasteiger partial charge on any atom is -0.404 e. The van der Waals surface area contributed by atoms with Crippen molar-refractivity contribution in [3.8, 4) is 0 Å². The number of aromatic nitrogens is 2. The number of nitrogens with one attached hydrogen (secondary N) is 1. The standard InChI is InChI=1S/C28H34FN5O/c1-4-5-24(34-27(35)26-17-31-18(2)16-32-26)12-20-6-7-21-13-25(19(15-30)14-28(20,21)3)33-23-10-8-22(29)9-11-23/h8-11,13,15-17,20,24H,4-7,12,14,30H2,1-3H3,(H,34,35)/t20-,24?,28-/m1/s1. The number of carbonyl (C=O) groups is 1. The van der Waals surface area contributed by atoms with Crippen LogP contribution in [0.15, 0.2) is 65.1 Å². The maximum absolute atomic E-state index is 13.3. The Bertz CT molecular complexity index is 1150. The van der Waals surface area contributed by atoms with Gasteiger partial charge in [-0.2, -0.15) is 0 Å². The van der Waals surface area contributed by atoms with Crippen molar-refractivity contribution in [3.63, 3.8) is 0 Å². The Labute approximate surface area is 206 Å². The summed E-state index contributed by atoms with van der Waals surface area (Å²) in [7, 11) is 0. The fourth-order valence-electron chi connectivity index (χ4n) is 5.43. The summed E-state index contributed by atoms with van der Waals surface area (Å²) < 4.78 is 13.3. The smallest absolute Gasteiger partial charge is 0.271 e. The van der Waals surface area contributed by atoms with Gasteiger partial charge in [0, 0.05) is 12.2 Å². The van der Waals surface area contributed by atoms with E-state index < -0.39 is 0 Å². The Hall–Kier alpha value is -3.35. The summed E-state index contributed by atoms with van der Waals surface area (Å²) >= 11 is 0. The van der Waals surface area contributed by atoms with Crippen LogP contribution in [0.25, 0.3) is 0 Å². The van der Waals surface area contributed by atoms with Crippen molar-refractivity contribution in [2.45, 2.75) is 65.3 Å². The summed E-state index contributed by atoms with van der Waals surface area (Å²) in [5.74, 6) is -0.0355. The lowest BCUT2D eigenvalue weighted by Crippen LogP contribution is -2.39. The molecule has 0 spiro atoms. The molecule has 7 heteroatoms. The molecule has 3 atom stereocenters. The van der Waals surface area contributed by atoms with Crippen LogP contribution in [-0.2, 0) is 0 Å². The summed E-state index contributed by atoms with van der Waals surface area (Å²) in [5.41, 5.74) is 11.1. The number of nitrogens with zero attached hydrogens (tertiary/aromatic N) is 3. The Morgan fingerprint density at radius 3 is 2.74 bits per heavy atom. The average molecular weight is 476 g/mol. The maximum atomic E-state index is 13.3. The maximum Gasteiger partial charge on any atom is 0.271 e. The number of nitrogens with two attached hydrogens (primary N) is 1. The van der Waals surface area contributed by atoms with Gasteiger partial charge in [-0.3, -0.25) is 9.78 Å². The van der Waals surface area contributed by atoms with Gasteiger partial charge in [-0.25, -0.2) is 14.4 Å². The zero-order valence-corrected chi connectivity index (χ0v) is 20.7. The van der Waals surface area contributed by atoms with Crippen LogP contribution in [-0.4, -0.2) is 27.6 Å². The predicted octanol–water partition coefficient (Wildman–Crippen LogP) is 5.57. The molecule has 1 aromatic heterocycles. The van der Waals surface area contributed by atoms with Crippen molar-refractivity contribution in [3.05, 3.63) is 77.3 Å². The Kier molecular flexibility index (Phi) is 7.43. The molecule has 35 heavy (non-hydrogen) atoms. The van der Waals surface area contributed by atoms with Crippen LogP contribution in [0.4, 0.5) is 10.1 Å². The third-order valence-corrected chi connectivity index (χ3v) is 7.43. The second kappa shape index (κ2) is 10.5. The van der Waals surface area contributed by atoms with Crippen LogP contribution < -0.4 is 11.1 Å². The zero-order valence-electron chi connectivity index (χ0n) is 20.7. The molecule has 0 bridgehead atoms. The number of halogens is 1. The Balaban J connectivity index is 1.53. The average Bonchev–Trinajstić information content (AvgIpc) is 3.15. The number of aliphatic imine (C=N–C) groups is 1. The van der Waals surface area contributed by atoms with Crippen molar-refractivity contribution in [1.29, 1.82) is 0 Å². The van der Waals surface area contributed by atoms with E-state index in [1.54, 1.807) is 24.5 Å². The molecule has 3 N–H and O–H groups in total. The minimum atomic E-state index is -0.278. The summed E-state index contributed by atoms with van der Waals surface area (Å²) in [6.45, 7) is 6.30. The van der Waals surface area contributed by atoms with Crippen molar-refractivity contribution in [1.82, 2.24) is 15.3 Å². The molecule has 1 unspecified atom stereocenters. The first-order chi connectivity index (χ1) is 16.8. The largest absolute Gasteiger partial charge is 0.404 e. The molecule has 0 saturated heterocycles. The summed E-state index contributed by atoms with van der Waals surface area (Å²) in [6, 6.07) is 6.26. The molecule has 1 heterocycles. The number of carbonyl (C=O) groups excluding carboxylic acids is 1. The Morgan fingerprint density at radius 1 is 1.31 bits per heavy atom. The molecule has 2 aliphatic rings. The second-order valence-electron chi connectivity index (χ2n) is 9.90. The fraction of sp³-hybridized carbons (Fsp3) is 0.429. The molecular weight excluding hydrogens is 441 g/mol. The number of hydrogen-bond donors (Lipinski definition) is 2. The lowest BCUT2D eigenvalue weighted by molar-refractivity contribution is 0.0915. The van der Waals surface area contributed by atoms with Gasteiger partial charge in [0.15, 0.2) is 0 Å². The number of allylic oxidation sites excluding steroid dienone is 3. The van der Waals surface area contributed by atoms with Crippen molar-refractivity contribution in [2.75, 3.05) is 0 Å². The number of rotatable bonds is 7. The number of fused-ring (bicyclic) bond motifs is 1. The van der Waals surface area contributed by atoms with Crippen LogP contribution in [0.3, 0.4) is 0 Å². The van der Waals surface area contributed by atoms with Crippen molar-refractivity contribution >= 4 is 17.3 Å². The first-order valence-corrected chi connectivity index (χ1v) is 12.4.